The van der Waals surface area contributed by atoms with E-state index in [2.05, 4.69) is 13.8 Å². The molecule has 1 rings (SSSR count). The highest BCUT2D eigenvalue weighted by Gasteiger charge is 2.37. The summed E-state index contributed by atoms with van der Waals surface area (Å²) in [4.78, 5) is 10.8. The Morgan fingerprint density at radius 2 is 2.20 bits per heavy atom. The van der Waals surface area contributed by atoms with E-state index in [4.69, 9.17) is 4.74 Å². The molecule has 0 bridgehead atoms. The third kappa shape index (κ3) is 1.21. The number of carbonyl (C=O) groups is 1. The first-order valence-electron chi connectivity index (χ1n) is 3.70. The van der Waals surface area contributed by atoms with Gasteiger partial charge in [-0.25, -0.2) is 0 Å². The van der Waals surface area contributed by atoms with E-state index in [1.807, 2.05) is 6.92 Å². The molecule has 1 unspecified atom stereocenters. The molecule has 0 aromatic rings. The molecule has 1 atom stereocenters. The van der Waals surface area contributed by atoms with Gasteiger partial charge in [-0.05, 0) is 12.8 Å². The van der Waals surface area contributed by atoms with Crippen molar-refractivity contribution in [3.63, 3.8) is 0 Å². The Balaban J connectivity index is 2.63. The van der Waals surface area contributed by atoms with Crippen LogP contribution in [0.4, 0.5) is 0 Å². The topological polar surface area (TPSA) is 26.3 Å². The lowest BCUT2D eigenvalue weighted by molar-refractivity contribution is -0.117. The maximum atomic E-state index is 10.8. The minimum atomic E-state index is -0.183. The Hall–Kier alpha value is -0.370. The van der Waals surface area contributed by atoms with Crippen molar-refractivity contribution in [2.75, 3.05) is 6.61 Å². The molecule has 0 spiro atoms. The molecule has 0 aromatic heterocycles. The van der Waals surface area contributed by atoms with E-state index in [0.717, 1.165) is 0 Å². The average Bonchev–Trinajstić information content (AvgIpc) is 2.13. The predicted octanol–water partition coefficient (Wildman–Crippen LogP) is 1.39. The third-order valence-electron chi connectivity index (χ3n) is 2.33. The van der Waals surface area contributed by atoms with Gasteiger partial charge in [-0.2, -0.15) is 0 Å². The summed E-state index contributed by atoms with van der Waals surface area (Å²) < 4.78 is 5.36. The zero-order valence-electron chi connectivity index (χ0n) is 6.81. The van der Waals surface area contributed by atoms with Crippen LogP contribution < -0.4 is 0 Å². The van der Waals surface area contributed by atoms with E-state index in [-0.39, 0.29) is 11.4 Å². The lowest BCUT2D eigenvalue weighted by Crippen LogP contribution is -2.30. The number of rotatable bonds is 1. The first-order chi connectivity index (χ1) is 4.54. The smallest absolute Gasteiger partial charge is 0.161 e. The zero-order valence-corrected chi connectivity index (χ0v) is 6.81. The van der Waals surface area contributed by atoms with Gasteiger partial charge in [0.05, 0.1) is 5.60 Å². The SMILES string of the molecule is CC(C)C1(C)CC(=O)CO1. The van der Waals surface area contributed by atoms with Gasteiger partial charge in [-0.3, -0.25) is 4.79 Å². The average molecular weight is 142 g/mol. The van der Waals surface area contributed by atoms with Crippen LogP contribution in [-0.2, 0) is 9.53 Å². The van der Waals surface area contributed by atoms with Gasteiger partial charge in [0, 0.05) is 6.42 Å². The monoisotopic (exact) mass is 142 g/mol. The molecule has 0 saturated carbocycles. The molecule has 1 fully saturated rings. The summed E-state index contributed by atoms with van der Waals surface area (Å²) >= 11 is 0. The zero-order chi connectivity index (χ0) is 7.78. The second-order valence-electron chi connectivity index (χ2n) is 3.47. The summed E-state index contributed by atoms with van der Waals surface area (Å²) in [5, 5.41) is 0. The Kier molecular flexibility index (Phi) is 1.82. The van der Waals surface area contributed by atoms with Crippen LogP contribution in [0.1, 0.15) is 27.2 Å². The van der Waals surface area contributed by atoms with Crippen molar-refractivity contribution < 1.29 is 9.53 Å². The second-order valence-corrected chi connectivity index (χ2v) is 3.47. The Morgan fingerprint density at radius 1 is 1.60 bits per heavy atom. The van der Waals surface area contributed by atoms with Crippen LogP contribution in [0, 0.1) is 5.92 Å². The van der Waals surface area contributed by atoms with Crippen LogP contribution in [0.25, 0.3) is 0 Å². The van der Waals surface area contributed by atoms with Crippen LogP contribution >= 0.6 is 0 Å². The quantitative estimate of drug-likeness (QED) is 0.553. The van der Waals surface area contributed by atoms with E-state index in [0.29, 0.717) is 18.9 Å². The second kappa shape index (κ2) is 2.35. The molecular formula is C8H14O2. The third-order valence-corrected chi connectivity index (χ3v) is 2.33. The van der Waals surface area contributed by atoms with Crippen molar-refractivity contribution in [2.45, 2.75) is 32.8 Å². The largest absolute Gasteiger partial charge is 0.367 e. The number of Topliss-reactive ketones (excluding diaryl/α,β-unsaturated/α-hetero) is 1. The van der Waals surface area contributed by atoms with Gasteiger partial charge in [0.1, 0.15) is 6.61 Å². The minimum absolute atomic E-state index is 0.183. The summed E-state index contributed by atoms with van der Waals surface area (Å²) in [7, 11) is 0. The molecule has 2 nitrogen and oxygen atoms in total. The van der Waals surface area contributed by atoms with Crippen molar-refractivity contribution in [1.29, 1.82) is 0 Å². The standard InChI is InChI=1S/C8H14O2/c1-6(2)8(3)4-7(9)5-10-8/h6H,4-5H2,1-3H3. The van der Waals surface area contributed by atoms with Gasteiger partial charge in [0.2, 0.25) is 0 Å². The fraction of sp³-hybridized carbons (Fsp3) is 0.875. The van der Waals surface area contributed by atoms with Gasteiger partial charge >= 0.3 is 0 Å². The van der Waals surface area contributed by atoms with Crippen molar-refractivity contribution in [1.82, 2.24) is 0 Å². The molecule has 0 amide bonds. The van der Waals surface area contributed by atoms with Crippen molar-refractivity contribution >= 4 is 5.78 Å². The summed E-state index contributed by atoms with van der Waals surface area (Å²) in [5.74, 6) is 0.662. The highest BCUT2D eigenvalue weighted by molar-refractivity contribution is 5.82. The lowest BCUT2D eigenvalue weighted by Gasteiger charge is -2.26. The van der Waals surface area contributed by atoms with Crippen LogP contribution in [0.5, 0.6) is 0 Å². The van der Waals surface area contributed by atoms with Crippen LogP contribution in [0.2, 0.25) is 0 Å². The molecular weight excluding hydrogens is 128 g/mol. The molecule has 58 valence electrons. The normalized spacial score (nSPS) is 33.8. The molecule has 2 heteroatoms. The Morgan fingerprint density at radius 3 is 2.40 bits per heavy atom. The van der Waals surface area contributed by atoms with Gasteiger partial charge < -0.3 is 4.74 Å². The first-order valence-corrected chi connectivity index (χ1v) is 3.70. The number of hydrogen-bond donors (Lipinski definition) is 0. The number of ether oxygens (including phenoxy) is 1. The fourth-order valence-electron chi connectivity index (χ4n) is 1.11. The first kappa shape index (κ1) is 7.73. The van der Waals surface area contributed by atoms with Crippen LogP contribution in [0.3, 0.4) is 0 Å². The summed E-state index contributed by atoms with van der Waals surface area (Å²) in [6, 6.07) is 0. The van der Waals surface area contributed by atoms with Gasteiger partial charge in [-0.1, -0.05) is 13.8 Å². The summed E-state index contributed by atoms with van der Waals surface area (Å²) in [6.45, 7) is 6.48. The van der Waals surface area contributed by atoms with E-state index in [1.165, 1.54) is 0 Å². The molecule has 1 saturated heterocycles. The molecule has 1 aliphatic heterocycles. The highest BCUT2D eigenvalue weighted by atomic mass is 16.5. The van der Waals surface area contributed by atoms with Crippen LogP contribution in [-0.4, -0.2) is 18.0 Å². The number of ketones is 1. The molecule has 0 aliphatic carbocycles. The number of hydrogen-bond acceptors (Lipinski definition) is 2. The fourth-order valence-corrected chi connectivity index (χ4v) is 1.11. The van der Waals surface area contributed by atoms with Crippen molar-refractivity contribution in [3.05, 3.63) is 0 Å². The molecule has 0 radical (unpaired) electrons. The van der Waals surface area contributed by atoms with Crippen molar-refractivity contribution in [2.24, 2.45) is 5.92 Å². The minimum Gasteiger partial charge on any atom is -0.367 e. The molecule has 0 aromatic carbocycles. The summed E-state index contributed by atoms with van der Waals surface area (Å²) in [6.07, 6.45) is 0.588. The van der Waals surface area contributed by atoms with Gasteiger partial charge in [0.15, 0.2) is 5.78 Å². The predicted molar refractivity (Wildman–Crippen MR) is 38.8 cm³/mol. The van der Waals surface area contributed by atoms with E-state index in [9.17, 15) is 4.79 Å². The molecule has 10 heavy (non-hydrogen) atoms. The Bertz CT molecular complexity index is 151. The van der Waals surface area contributed by atoms with Gasteiger partial charge in [0.25, 0.3) is 0 Å². The van der Waals surface area contributed by atoms with Crippen molar-refractivity contribution in [3.8, 4) is 0 Å². The van der Waals surface area contributed by atoms with E-state index in [1.54, 1.807) is 0 Å². The molecule has 1 aliphatic rings. The number of carbonyl (C=O) groups excluding carboxylic acids is 1. The van der Waals surface area contributed by atoms with E-state index < -0.39 is 0 Å². The maximum Gasteiger partial charge on any atom is 0.161 e. The molecule has 1 heterocycles. The Labute approximate surface area is 61.6 Å². The van der Waals surface area contributed by atoms with Crippen LogP contribution in [0.15, 0.2) is 0 Å². The molecule has 0 N–H and O–H groups in total. The summed E-state index contributed by atoms with van der Waals surface area (Å²) in [5.41, 5.74) is -0.183. The maximum absolute atomic E-state index is 10.8. The van der Waals surface area contributed by atoms with Gasteiger partial charge in [-0.15, -0.1) is 0 Å². The lowest BCUT2D eigenvalue weighted by atomic mass is 9.89. The highest BCUT2D eigenvalue weighted by Crippen LogP contribution is 2.30. The van der Waals surface area contributed by atoms with E-state index >= 15 is 0 Å².